The summed E-state index contributed by atoms with van der Waals surface area (Å²) in [6.07, 6.45) is 0. The van der Waals surface area contributed by atoms with Crippen LogP contribution in [0.3, 0.4) is 0 Å². The highest BCUT2D eigenvalue weighted by atomic mass is 127. The molecule has 3 aromatic carbocycles. The van der Waals surface area contributed by atoms with Crippen LogP contribution in [0.25, 0.3) is 21.5 Å². The van der Waals surface area contributed by atoms with Crippen LogP contribution in [0.2, 0.25) is 0 Å². The Morgan fingerprint density at radius 2 is 1.50 bits per heavy atom. The second-order valence-electron chi connectivity index (χ2n) is 4.08. The van der Waals surface area contributed by atoms with Crippen molar-refractivity contribution in [2.24, 2.45) is 0 Å². The van der Waals surface area contributed by atoms with E-state index in [-0.39, 0.29) is 0 Å². The molecule has 3 aromatic rings. The van der Waals surface area contributed by atoms with Crippen molar-refractivity contribution in [1.82, 2.24) is 0 Å². The molecule has 0 aromatic heterocycles. The third-order valence-corrected chi connectivity index (χ3v) is 4.49. The topological polar surface area (TPSA) is 0 Å². The van der Waals surface area contributed by atoms with Gasteiger partial charge in [0.25, 0.3) is 0 Å². The van der Waals surface area contributed by atoms with Gasteiger partial charge in [0.2, 0.25) is 0 Å². The van der Waals surface area contributed by atoms with Gasteiger partial charge in [0.05, 0.1) is 0 Å². The van der Waals surface area contributed by atoms with Crippen LogP contribution < -0.4 is 0 Å². The fourth-order valence-corrected chi connectivity index (χ4v) is 2.81. The van der Waals surface area contributed by atoms with Crippen molar-refractivity contribution in [2.75, 3.05) is 0 Å². The van der Waals surface area contributed by atoms with Gasteiger partial charge in [-0.25, -0.2) is 0 Å². The Kier molecular flexibility index (Phi) is 2.36. The molecule has 3 rings (SSSR count). The van der Waals surface area contributed by atoms with Crippen molar-refractivity contribution in [2.45, 2.75) is 6.92 Å². The fraction of sp³-hybridized carbons (Fsp3) is 0.0667. The minimum atomic E-state index is 1.31. The summed E-state index contributed by atoms with van der Waals surface area (Å²) in [5, 5.41) is 5.37. The van der Waals surface area contributed by atoms with E-state index in [1.807, 2.05) is 0 Å². The van der Waals surface area contributed by atoms with E-state index in [1.165, 1.54) is 30.7 Å². The van der Waals surface area contributed by atoms with Crippen LogP contribution in [0.5, 0.6) is 0 Å². The van der Waals surface area contributed by atoms with Crippen molar-refractivity contribution in [3.05, 3.63) is 57.7 Å². The van der Waals surface area contributed by atoms with E-state index < -0.39 is 0 Å². The number of aryl methyl sites for hydroxylation is 1. The van der Waals surface area contributed by atoms with Crippen LogP contribution in [0.4, 0.5) is 0 Å². The van der Waals surface area contributed by atoms with Crippen molar-refractivity contribution in [3.8, 4) is 0 Å². The molecule has 16 heavy (non-hydrogen) atoms. The molecule has 0 nitrogen and oxygen atoms in total. The van der Waals surface area contributed by atoms with E-state index in [4.69, 9.17) is 0 Å². The minimum Gasteiger partial charge on any atom is -0.0616 e. The molecule has 0 aliphatic carbocycles. The highest BCUT2D eigenvalue weighted by molar-refractivity contribution is 14.1. The maximum absolute atomic E-state index is 2.44. The molecule has 78 valence electrons. The Balaban J connectivity index is 2.58. The summed E-state index contributed by atoms with van der Waals surface area (Å²) in [6.45, 7) is 2.16. The third kappa shape index (κ3) is 1.42. The smallest absolute Gasteiger partial charge is 0.0238 e. The van der Waals surface area contributed by atoms with Gasteiger partial charge in [-0.2, -0.15) is 0 Å². The number of hydrogen-bond donors (Lipinski definition) is 0. The SMILES string of the molecule is Cc1ccc2c(ccc3ccccc32)c1I. The van der Waals surface area contributed by atoms with Gasteiger partial charge >= 0.3 is 0 Å². The zero-order chi connectivity index (χ0) is 11.1. The van der Waals surface area contributed by atoms with Crippen LogP contribution >= 0.6 is 22.6 Å². The van der Waals surface area contributed by atoms with Gasteiger partial charge in [-0.3, -0.25) is 0 Å². The highest BCUT2D eigenvalue weighted by Crippen LogP contribution is 2.29. The third-order valence-electron chi connectivity index (χ3n) is 3.05. The summed E-state index contributed by atoms with van der Waals surface area (Å²) in [6, 6.07) is 17.4. The average Bonchev–Trinajstić information content (AvgIpc) is 2.33. The molecule has 0 N–H and O–H groups in total. The van der Waals surface area contributed by atoms with Crippen molar-refractivity contribution in [3.63, 3.8) is 0 Å². The molecule has 0 atom stereocenters. The van der Waals surface area contributed by atoms with Crippen molar-refractivity contribution in [1.29, 1.82) is 0 Å². The van der Waals surface area contributed by atoms with E-state index in [9.17, 15) is 0 Å². The maximum Gasteiger partial charge on any atom is 0.0238 e. The normalized spacial score (nSPS) is 11.1. The lowest BCUT2D eigenvalue weighted by Crippen LogP contribution is -1.84. The number of fused-ring (bicyclic) bond motifs is 3. The Bertz CT molecular complexity index is 683. The average molecular weight is 318 g/mol. The summed E-state index contributed by atoms with van der Waals surface area (Å²) in [4.78, 5) is 0. The molecule has 0 saturated carbocycles. The monoisotopic (exact) mass is 318 g/mol. The number of rotatable bonds is 0. The van der Waals surface area contributed by atoms with E-state index in [2.05, 4.69) is 78.0 Å². The molecule has 0 unspecified atom stereocenters. The Labute approximate surface area is 108 Å². The first-order valence-electron chi connectivity index (χ1n) is 5.34. The molecule has 0 amide bonds. The number of hydrogen-bond acceptors (Lipinski definition) is 0. The molecule has 0 bridgehead atoms. The summed E-state index contributed by atoms with van der Waals surface area (Å²) < 4.78 is 1.36. The van der Waals surface area contributed by atoms with Crippen molar-refractivity contribution >= 4 is 44.1 Å². The Morgan fingerprint density at radius 3 is 2.38 bits per heavy atom. The lowest BCUT2D eigenvalue weighted by molar-refractivity contribution is 1.47. The van der Waals surface area contributed by atoms with Gasteiger partial charge in [0, 0.05) is 3.57 Å². The summed E-state index contributed by atoms with van der Waals surface area (Å²) in [5.74, 6) is 0. The second kappa shape index (κ2) is 3.74. The van der Waals surface area contributed by atoms with E-state index in [1.54, 1.807) is 0 Å². The zero-order valence-electron chi connectivity index (χ0n) is 9.00. The lowest BCUT2D eigenvalue weighted by atomic mass is 10.0. The van der Waals surface area contributed by atoms with Gasteiger partial charge < -0.3 is 0 Å². The predicted molar refractivity (Wildman–Crippen MR) is 78.9 cm³/mol. The van der Waals surface area contributed by atoms with E-state index >= 15 is 0 Å². The molecular weight excluding hydrogens is 307 g/mol. The fourth-order valence-electron chi connectivity index (χ4n) is 2.16. The molecule has 0 aliphatic heterocycles. The molecule has 0 saturated heterocycles. The quantitative estimate of drug-likeness (QED) is 0.408. The molecule has 0 heterocycles. The van der Waals surface area contributed by atoms with Crippen LogP contribution in [-0.2, 0) is 0 Å². The first-order valence-corrected chi connectivity index (χ1v) is 6.42. The summed E-state index contributed by atoms with van der Waals surface area (Å²) >= 11 is 2.44. The first kappa shape index (κ1) is 10.1. The molecule has 1 heteroatoms. The van der Waals surface area contributed by atoms with Gasteiger partial charge in [-0.15, -0.1) is 0 Å². The molecule has 0 aliphatic rings. The first-order chi connectivity index (χ1) is 7.77. The van der Waals surface area contributed by atoms with Crippen molar-refractivity contribution < 1.29 is 0 Å². The summed E-state index contributed by atoms with van der Waals surface area (Å²) in [7, 11) is 0. The highest BCUT2D eigenvalue weighted by Gasteiger charge is 2.04. The van der Waals surface area contributed by atoms with Gasteiger partial charge in [0.15, 0.2) is 0 Å². The predicted octanol–water partition coefficient (Wildman–Crippen LogP) is 4.91. The molecule has 0 fully saturated rings. The van der Waals surface area contributed by atoms with E-state index in [0.717, 1.165) is 0 Å². The Hall–Kier alpha value is -1.09. The minimum absolute atomic E-state index is 1.31. The lowest BCUT2D eigenvalue weighted by Gasteiger charge is -2.07. The standard InChI is InChI=1S/C15H11I/c1-10-6-8-13-12-5-3-2-4-11(12)7-9-14(13)15(10)16/h2-9H,1H3. The maximum atomic E-state index is 2.44. The van der Waals surface area contributed by atoms with Crippen LogP contribution in [0.1, 0.15) is 5.56 Å². The second-order valence-corrected chi connectivity index (χ2v) is 5.16. The zero-order valence-corrected chi connectivity index (χ0v) is 11.2. The van der Waals surface area contributed by atoms with Gasteiger partial charge in [-0.05, 0) is 56.6 Å². The van der Waals surface area contributed by atoms with Gasteiger partial charge in [-0.1, -0.05) is 48.5 Å². The Morgan fingerprint density at radius 1 is 0.750 bits per heavy atom. The largest absolute Gasteiger partial charge is 0.0616 e. The molecular formula is C15H11I. The van der Waals surface area contributed by atoms with Crippen LogP contribution in [-0.4, -0.2) is 0 Å². The molecule has 0 radical (unpaired) electrons. The van der Waals surface area contributed by atoms with E-state index in [0.29, 0.717) is 0 Å². The summed E-state index contributed by atoms with van der Waals surface area (Å²) in [5.41, 5.74) is 1.35. The number of benzene rings is 3. The van der Waals surface area contributed by atoms with Crippen LogP contribution in [0.15, 0.2) is 48.5 Å². The van der Waals surface area contributed by atoms with Crippen LogP contribution in [0, 0.1) is 10.5 Å². The molecule has 0 spiro atoms. The van der Waals surface area contributed by atoms with Gasteiger partial charge in [0.1, 0.15) is 0 Å². The number of halogens is 1.